The monoisotopic (exact) mass is 233 g/mol. The van der Waals surface area contributed by atoms with Crippen LogP contribution in [-0.2, 0) is 6.54 Å². The van der Waals surface area contributed by atoms with Gasteiger partial charge in [-0.15, -0.1) is 0 Å². The molecule has 0 spiro atoms. The molecule has 1 aromatic rings. The molecule has 0 aromatic heterocycles. The summed E-state index contributed by atoms with van der Waals surface area (Å²) in [6.45, 7) is 7.58. The third-order valence-corrected chi connectivity index (χ3v) is 2.55. The second-order valence-corrected chi connectivity index (χ2v) is 4.11. The van der Waals surface area contributed by atoms with Crippen molar-refractivity contribution >= 4 is 0 Å². The van der Waals surface area contributed by atoms with E-state index in [1.165, 1.54) is 5.56 Å². The SMILES string of the molecule is C=CN(C)CNCCCNCc1ccccc1. The van der Waals surface area contributed by atoms with Crippen LogP contribution in [0.2, 0.25) is 0 Å². The summed E-state index contributed by atoms with van der Waals surface area (Å²) in [5, 5.41) is 6.78. The summed E-state index contributed by atoms with van der Waals surface area (Å²) in [5.74, 6) is 0. The predicted octanol–water partition coefficient (Wildman–Crippen LogP) is 1.79. The molecule has 0 heterocycles. The van der Waals surface area contributed by atoms with E-state index in [1.807, 2.05) is 24.2 Å². The minimum absolute atomic E-state index is 0.863. The average molecular weight is 233 g/mol. The molecule has 0 radical (unpaired) electrons. The number of nitrogens with zero attached hydrogens (tertiary/aromatic N) is 1. The van der Waals surface area contributed by atoms with E-state index in [0.717, 1.165) is 32.7 Å². The van der Waals surface area contributed by atoms with E-state index >= 15 is 0 Å². The first-order valence-corrected chi connectivity index (χ1v) is 6.11. The molecule has 0 aliphatic rings. The molecule has 3 nitrogen and oxygen atoms in total. The van der Waals surface area contributed by atoms with Crippen LogP contribution >= 0.6 is 0 Å². The van der Waals surface area contributed by atoms with Gasteiger partial charge in [-0.05, 0) is 31.3 Å². The largest absolute Gasteiger partial charge is 0.368 e. The molecule has 1 aromatic carbocycles. The summed E-state index contributed by atoms with van der Waals surface area (Å²) < 4.78 is 0. The van der Waals surface area contributed by atoms with Crippen molar-refractivity contribution in [3.63, 3.8) is 0 Å². The van der Waals surface area contributed by atoms with Gasteiger partial charge >= 0.3 is 0 Å². The molecule has 1 rings (SSSR count). The van der Waals surface area contributed by atoms with Crippen LogP contribution in [0.15, 0.2) is 43.1 Å². The van der Waals surface area contributed by atoms with Gasteiger partial charge in [-0.1, -0.05) is 36.9 Å². The predicted molar refractivity (Wildman–Crippen MR) is 73.6 cm³/mol. The van der Waals surface area contributed by atoms with Crippen molar-refractivity contribution in [3.05, 3.63) is 48.7 Å². The van der Waals surface area contributed by atoms with Crippen LogP contribution in [0.5, 0.6) is 0 Å². The van der Waals surface area contributed by atoms with Crippen molar-refractivity contribution in [3.8, 4) is 0 Å². The van der Waals surface area contributed by atoms with Gasteiger partial charge in [0.25, 0.3) is 0 Å². The topological polar surface area (TPSA) is 27.3 Å². The van der Waals surface area contributed by atoms with Crippen LogP contribution in [0.4, 0.5) is 0 Å². The Morgan fingerprint density at radius 3 is 2.59 bits per heavy atom. The molecule has 2 N–H and O–H groups in total. The fraction of sp³-hybridized carbons (Fsp3) is 0.429. The first-order valence-electron chi connectivity index (χ1n) is 6.11. The smallest absolute Gasteiger partial charge is 0.0672 e. The quantitative estimate of drug-likeness (QED) is 0.503. The first kappa shape index (κ1) is 13.7. The summed E-state index contributed by atoms with van der Waals surface area (Å²) in [6, 6.07) is 10.5. The maximum Gasteiger partial charge on any atom is 0.0672 e. The van der Waals surface area contributed by atoms with Gasteiger partial charge < -0.3 is 10.2 Å². The van der Waals surface area contributed by atoms with E-state index < -0.39 is 0 Å². The van der Waals surface area contributed by atoms with Crippen molar-refractivity contribution in [1.82, 2.24) is 15.5 Å². The zero-order valence-corrected chi connectivity index (χ0v) is 10.7. The van der Waals surface area contributed by atoms with Crippen LogP contribution < -0.4 is 10.6 Å². The summed E-state index contributed by atoms with van der Waals surface area (Å²) in [5.41, 5.74) is 1.34. The van der Waals surface area contributed by atoms with E-state index in [4.69, 9.17) is 0 Å². The van der Waals surface area contributed by atoms with Crippen LogP contribution in [0, 0.1) is 0 Å². The number of hydrogen-bond donors (Lipinski definition) is 2. The van der Waals surface area contributed by atoms with Crippen molar-refractivity contribution in [2.75, 3.05) is 26.8 Å². The van der Waals surface area contributed by atoms with Gasteiger partial charge in [0.1, 0.15) is 0 Å². The van der Waals surface area contributed by atoms with Gasteiger partial charge in [0.05, 0.1) is 6.67 Å². The molecular formula is C14H23N3. The minimum atomic E-state index is 0.863. The summed E-state index contributed by atoms with van der Waals surface area (Å²) in [7, 11) is 2.01. The normalized spacial score (nSPS) is 10.2. The van der Waals surface area contributed by atoms with Gasteiger partial charge in [-0.25, -0.2) is 0 Å². The molecule has 17 heavy (non-hydrogen) atoms. The molecule has 94 valence electrons. The zero-order chi connectivity index (χ0) is 12.3. The third kappa shape index (κ3) is 6.76. The van der Waals surface area contributed by atoms with E-state index in [2.05, 4.69) is 41.5 Å². The fourth-order valence-corrected chi connectivity index (χ4v) is 1.49. The highest BCUT2D eigenvalue weighted by atomic mass is 15.2. The minimum Gasteiger partial charge on any atom is -0.368 e. The molecule has 0 unspecified atom stereocenters. The lowest BCUT2D eigenvalue weighted by molar-refractivity contribution is 0.404. The number of rotatable bonds is 9. The molecule has 3 heteroatoms. The van der Waals surface area contributed by atoms with Crippen molar-refractivity contribution in [1.29, 1.82) is 0 Å². The molecular weight excluding hydrogens is 210 g/mol. The van der Waals surface area contributed by atoms with Gasteiger partial charge in [0.15, 0.2) is 0 Å². The van der Waals surface area contributed by atoms with Crippen molar-refractivity contribution < 1.29 is 0 Å². The highest BCUT2D eigenvalue weighted by Gasteiger charge is 1.92. The van der Waals surface area contributed by atoms with Crippen molar-refractivity contribution in [2.24, 2.45) is 0 Å². The lowest BCUT2D eigenvalue weighted by Gasteiger charge is -2.14. The summed E-state index contributed by atoms with van der Waals surface area (Å²) >= 11 is 0. The Morgan fingerprint density at radius 1 is 1.18 bits per heavy atom. The maximum atomic E-state index is 3.70. The Bertz CT molecular complexity index is 298. The second-order valence-electron chi connectivity index (χ2n) is 4.11. The van der Waals surface area contributed by atoms with Crippen molar-refractivity contribution in [2.45, 2.75) is 13.0 Å². The van der Waals surface area contributed by atoms with Crippen LogP contribution in [0.3, 0.4) is 0 Å². The van der Waals surface area contributed by atoms with E-state index in [-0.39, 0.29) is 0 Å². The van der Waals surface area contributed by atoms with Gasteiger partial charge in [0, 0.05) is 13.6 Å². The Hall–Kier alpha value is -1.32. The number of hydrogen-bond acceptors (Lipinski definition) is 3. The van der Waals surface area contributed by atoms with Crippen LogP contribution in [-0.4, -0.2) is 31.7 Å². The molecule has 0 saturated carbocycles. The number of benzene rings is 1. The Kier molecular flexibility index (Phi) is 7.11. The lowest BCUT2D eigenvalue weighted by Crippen LogP contribution is -2.29. The maximum absolute atomic E-state index is 3.70. The van der Waals surface area contributed by atoms with Gasteiger partial charge in [-0.2, -0.15) is 0 Å². The van der Waals surface area contributed by atoms with E-state index in [1.54, 1.807) is 0 Å². The second kappa shape index (κ2) is 8.79. The van der Waals surface area contributed by atoms with E-state index in [0.29, 0.717) is 0 Å². The Morgan fingerprint density at radius 2 is 1.88 bits per heavy atom. The first-order chi connectivity index (χ1) is 8.33. The standard InChI is InChI=1S/C14H23N3/c1-3-17(2)13-16-11-7-10-15-12-14-8-5-4-6-9-14/h3-6,8-9,15-16H,1,7,10-13H2,2H3. The fourth-order valence-electron chi connectivity index (χ4n) is 1.49. The summed E-state index contributed by atoms with van der Waals surface area (Å²) in [6.07, 6.45) is 2.96. The summed E-state index contributed by atoms with van der Waals surface area (Å²) in [4.78, 5) is 2.03. The molecule has 0 aliphatic heterocycles. The molecule has 0 bridgehead atoms. The molecule has 0 fully saturated rings. The van der Waals surface area contributed by atoms with Crippen LogP contribution in [0.1, 0.15) is 12.0 Å². The van der Waals surface area contributed by atoms with Crippen LogP contribution in [0.25, 0.3) is 0 Å². The zero-order valence-electron chi connectivity index (χ0n) is 10.7. The molecule has 0 amide bonds. The van der Waals surface area contributed by atoms with Gasteiger partial charge in [0.2, 0.25) is 0 Å². The molecule has 0 atom stereocenters. The van der Waals surface area contributed by atoms with Gasteiger partial charge in [-0.3, -0.25) is 5.32 Å². The number of nitrogens with one attached hydrogen (secondary N) is 2. The van der Waals surface area contributed by atoms with E-state index in [9.17, 15) is 0 Å². The highest BCUT2D eigenvalue weighted by molar-refractivity contribution is 5.14. The molecule has 0 saturated heterocycles. The third-order valence-electron chi connectivity index (χ3n) is 2.55. The highest BCUT2D eigenvalue weighted by Crippen LogP contribution is 1.96. The average Bonchev–Trinajstić information content (AvgIpc) is 2.38. The Balaban J connectivity index is 1.93. The Labute approximate surface area is 105 Å². The molecule has 0 aliphatic carbocycles. The lowest BCUT2D eigenvalue weighted by atomic mass is 10.2.